The van der Waals surface area contributed by atoms with Crippen molar-refractivity contribution in [3.63, 3.8) is 0 Å². The Kier molecular flexibility index (Phi) is 7.67. The van der Waals surface area contributed by atoms with Crippen LogP contribution in [0.5, 0.6) is 5.88 Å². The molecule has 0 saturated carbocycles. The van der Waals surface area contributed by atoms with Crippen LogP contribution in [-0.2, 0) is 10.2 Å². The number of aromatic amines is 1. The molecule has 0 radical (unpaired) electrons. The highest BCUT2D eigenvalue weighted by atomic mass is 16.5. The minimum absolute atomic E-state index is 0.106. The van der Waals surface area contributed by atoms with Crippen molar-refractivity contribution in [3.05, 3.63) is 95.8 Å². The number of fused-ring (bicyclic) bond motifs is 1. The Labute approximate surface area is 195 Å². The number of H-pyrrole nitrogens is 1. The van der Waals surface area contributed by atoms with Gasteiger partial charge in [-0.3, -0.25) is 4.79 Å². The smallest absolute Gasteiger partial charge is 0.212 e. The van der Waals surface area contributed by atoms with Gasteiger partial charge in [0.25, 0.3) is 0 Å². The highest BCUT2D eigenvalue weighted by Crippen LogP contribution is 2.27. The largest absolute Gasteiger partial charge is 0.481 e. The molecule has 0 spiro atoms. The van der Waals surface area contributed by atoms with Crippen LogP contribution in [0.1, 0.15) is 37.5 Å². The van der Waals surface area contributed by atoms with Crippen LogP contribution in [-0.4, -0.2) is 30.4 Å². The number of carbonyl (C=O) groups is 1. The summed E-state index contributed by atoms with van der Waals surface area (Å²) in [6.07, 6.45) is 6.03. The monoisotopic (exact) mass is 441 g/mol. The van der Waals surface area contributed by atoms with E-state index in [1.807, 2.05) is 31.4 Å². The molecule has 170 valence electrons. The van der Waals surface area contributed by atoms with Gasteiger partial charge in [-0.25, -0.2) is 4.98 Å². The number of methoxy groups -OCH3 is 1. The van der Waals surface area contributed by atoms with Gasteiger partial charge in [0.05, 0.1) is 7.11 Å². The van der Waals surface area contributed by atoms with E-state index in [2.05, 4.69) is 72.5 Å². The molecule has 0 aliphatic heterocycles. The first-order chi connectivity index (χ1) is 15.9. The van der Waals surface area contributed by atoms with Crippen molar-refractivity contribution < 1.29 is 9.53 Å². The SMILES string of the molecule is CNc1ccc2[nH]ccc2c1.COc1ccc(/C(=C\C=O)c2ccc(C(C)(C)C)cc2)cn1. The van der Waals surface area contributed by atoms with Gasteiger partial charge in [0.15, 0.2) is 0 Å². The quantitative estimate of drug-likeness (QED) is 0.285. The molecule has 4 rings (SSSR count). The molecule has 2 N–H and O–H groups in total. The second kappa shape index (κ2) is 10.6. The van der Waals surface area contributed by atoms with Crippen LogP contribution in [0.15, 0.2) is 79.1 Å². The van der Waals surface area contributed by atoms with Gasteiger partial charge in [-0.05, 0) is 58.5 Å². The number of nitrogens with zero attached hydrogens (tertiary/aromatic N) is 1. The normalized spacial score (nSPS) is 11.5. The fraction of sp³-hybridized carbons (Fsp3) is 0.214. The molecule has 0 fully saturated rings. The number of benzene rings is 2. The Morgan fingerprint density at radius 1 is 1.00 bits per heavy atom. The van der Waals surface area contributed by atoms with Crippen molar-refractivity contribution in [2.24, 2.45) is 0 Å². The first-order valence-corrected chi connectivity index (χ1v) is 10.9. The molecule has 0 aliphatic carbocycles. The van der Waals surface area contributed by atoms with Crippen molar-refractivity contribution in [3.8, 4) is 5.88 Å². The zero-order valence-corrected chi connectivity index (χ0v) is 19.8. The van der Waals surface area contributed by atoms with Crippen LogP contribution in [0.2, 0.25) is 0 Å². The number of nitrogens with one attached hydrogen (secondary N) is 2. The Hall–Kier alpha value is -3.86. The van der Waals surface area contributed by atoms with Gasteiger partial charge >= 0.3 is 0 Å². The lowest BCUT2D eigenvalue weighted by Gasteiger charge is -2.19. The molecule has 5 heteroatoms. The third-order valence-corrected chi connectivity index (χ3v) is 5.40. The summed E-state index contributed by atoms with van der Waals surface area (Å²) in [4.78, 5) is 18.3. The molecular weight excluding hydrogens is 410 g/mol. The van der Waals surface area contributed by atoms with Gasteiger partial charge in [-0.15, -0.1) is 0 Å². The van der Waals surface area contributed by atoms with Gasteiger partial charge in [0.2, 0.25) is 5.88 Å². The van der Waals surface area contributed by atoms with Crippen molar-refractivity contribution in [2.75, 3.05) is 19.5 Å². The molecule has 0 amide bonds. The second-order valence-electron chi connectivity index (χ2n) is 8.66. The third-order valence-electron chi connectivity index (χ3n) is 5.40. The number of aromatic nitrogens is 2. The average molecular weight is 442 g/mol. The number of ether oxygens (including phenoxy) is 1. The summed E-state index contributed by atoms with van der Waals surface area (Å²) in [5, 5.41) is 4.34. The van der Waals surface area contributed by atoms with E-state index in [0.29, 0.717) is 5.88 Å². The molecule has 2 aromatic heterocycles. The minimum Gasteiger partial charge on any atom is -0.481 e. The van der Waals surface area contributed by atoms with E-state index in [1.54, 1.807) is 25.4 Å². The first kappa shape index (κ1) is 23.8. The van der Waals surface area contributed by atoms with Crippen LogP contribution in [0.4, 0.5) is 5.69 Å². The highest BCUT2D eigenvalue weighted by molar-refractivity contribution is 5.89. The lowest BCUT2D eigenvalue weighted by molar-refractivity contribution is -0.104. The van der Waals surface area contributed by atoms with Crippen LogP contribution in [0.25, 0.3) is 16.5 Å². The second-order valence-corrected chi connectivity index (χ2v) is 8.66. The van der Waals surface area contributed by atoms with E-state index >= 15 is 0 Å². The molecular formula is C28H31N3O2. The Balaban J connectivity index is 0.000000231. The number of pyridine rings is 1. The number of allylic oxidation sites excluding steroid dienone is 1. The zero-order chi connectivity index (χ0) is 23.8. The maximum absolute atomic E-state index is 11.0. The summed E-state index contributed by atoms with van der Waals surface area (Å²) in [6.45, 7) is 6.53. The van der Waals surface area contributed by atoms with Gasteiger partial charge in [-0.1, -0.05) is 45.0 Å². The summed E-state index contributed by atoms with van der Waals surface area (Å²) in [5.74, 6) is 0.553. The minimum atomic E-state index is 0.106. The highest BCUT2D eigenvalue weighted by Gasteiger charge is 2.14. The topological polar surface area (TPSA) is 67.0 Å². The lowest BCUT2D eigenvalue weighted by Crippen LogP contribution is -2.10. The third kappa shape index (κ3) is 6.10. The van der Waals surface area contributed by atoms with Crippen molar-refractivity contribution in [1.82, 2.24) is 9.97 Å². The number of hydrogen-bond donors (Lipinski definition) is 2. The van der Waals surface area contributed by atoms with E-state index in [-0.39, 0.29) is 5.41 Å². The number of carbonyl (C=O) groups excluding carboxylic acids is 1. The van der Waals surface area contributed by atoms with Crippen LogP contribution >= 0.6 is 0 Å². The van der Waals surface area contributed by atoms with Crippen molar-refractivity contribution >= 4 is 28.4 Å². The van der Waals surface area contributed by atoms with E-state index < -0.39 is 0 Å². The summed E-state index contributed by atoms with van der Waals surface area (Å²) in [5.41, 5.74) is 6.43. The van der Waals surface area contributed by atoms with E-state index in [0.717, 1.165) is 28.7 Å². The zero-order valence-electron chi connectivity index (χ0n) is 19.8. The van der Waals surface area contributed by atoms with Crippen LogP contribution in [0.3, 0.4) is 0 Å². The number of rotatable bonds is 5. The van der Waals surface area contributed by atoms with Gasteiger partial charge in [-0.2, -0.15) is 0 Å². The fourth-order valence-electron chi connectivity index (χ4n) is 3.45. The molecule has 0 atom stereocenters. The molecule has 2 heterocycles. The van der Waals surface area contributed by atoms with Crippen molar-refractivity contribution in [2.45, 2.75) is 26.2 Å². The van der Waals surface area contributed by atoms with Crippen LogP contribution < -0.4 is 10.1 Å². The lowest BCUT2D eigenvalue weighted by atomic mass is 9.86. The van der Waals surface area contributed by atoms with Gasteiger partial charge in [0, 0.05) is 47.7 Å². The predicted octanol–water partition coefficient (Wildman–Crippen LogP) is 6.23. The number of hydrogen-bond acceptors (Lipinski definition) is 4. The predicted molar refractivity (Wildman–Crippen MR) is 137 cm³/mol. The maximum Gasteiger partial charge on any atom is 0.212 e. The summed E-state index contributed by atoms with van der Waals surface area (Å²) in [6, 6.07) is 20.3. The standard InChI is InChI=1S/C19H21NO2.C9H10N2/c1-19(2,3)16-8-5-14(6-9-16)17(11-12-21)15-7-10-18(22-4)20-13-15;1-10-8-2-3-9-7(6-8)4-5-11-9/h5-13H,1-4H3;2-6,10-11H,1H3/b17-11-;. The fourth-order valence-corrected chi connectivity index (χ4v) is 3.45. The Morgan fingerprint density at radius 3 is 2.30 bits per heavy atom. The average Bonchev–Trinajstić information content (AvgIpc) is 3.30. The molecule has 0 bridgehead atoms. The van der Waals surface area contributed by atoms with Gasteiger partial charge < -0.3 is 15.0 Å². The van der Waals surface area contributed by atoms with E-state index in [1.165, 1.54) is 16.5 Å². The molecule has 0 aliphatic rings. The van der Waals surface area contributed by atoms with E-state index in [9.17, 15) is 4.79 Å². The molecule has 0 saturated heterocycles. The molecule has 33 heavy (non-hydrogen) atoms. The Bertz CT molecular complexity index is 1210. The summed E-state index contributed by atoms with van der Waals surface area (Å²) >= 11 is 0. The molecule has 4 aromatic rings. The maximum atomic E-state index is 11.0. The summed E-state index contributed by atoms with van der Waals surface area (Å²) < 4.78 is 5.07. The number of aldehydes is 1. The molecule has 2 aromatic carbocycles. The molecule has 5 nitrogen and oxygen atoms in total. The first-order valence-electron chi connectivity index (χ1n) is 10.9. The summed E-state index contributed by atoms with van der Waals surface area (Å²) in [7, 11) is 3.50. The number of anilines is 1. The van der Waals surface area contributed by atoms with E-state index in [4.69, 9.17) is 4.74 Å². The van der Waals surface area contributed by atoms with Crippen molar-refractivity contribution in [1.29, 1.82) is 0 Å². The van der Waals surface area contributed by atoms with Crippen LogP contribution in [0, 0.1) is 0 Å². The van der Waals surface area contributed by atoms with Gasteiger partial charge in [0.1, 0.15) is 6.29 Å². The Morgan fingerprint density at radius 2 is 1.73 bits per heavy atom. The molecule has 0 unspecified atom stereocenters.